The fraction of sp³-hybridized carbons (Fsp3) is 0.967. The number of rotatable bonds is 3. The highest BCUT2D eigenvalue weighted by atomic mass is 16.5. The molecule has 2 spiro atoms. The van der Waals surface area contributed by atoms with Gasteiger partial charge in [-0.2, -0.15) is 0 Å². The number of aliphatic hydroxyl groups excluding tert-OH is 1. The van der Waals surface area contributed by atoms with Gasteiger partial charge < -0.3 is 14.6 Å². The topological polar surface area (TPSA) is 46.5 Å². The molecular weight excluding hydrogens is 408 g/mol. The van der Waals surface area contributed by atoms with E-state index in [-0.39, 0.29) is 11.5 Å². The quantitative estimate of drug-likeness (QED) is 0.523. The minimum atomic E-state index is -0.127. The highest BCUT2D eigenvalue weighted by molar-refractivity contribution is 5.75. The van der Waals surface area contributed by atoms with Gasteiger partial charge in [0.25, 0.3) is 0 Å². The Bertz CT molecular complexity index is 819. The van der Waals surface area contributed by atoms with Crippen LogP contribution >= 0.6 is 0 Å². The van der Waals surface area contributed by atoms with Crippen LogP contribution in [0.2, 0.25) is 0 Å². The van der Waals surface area contributed by atoms with Crippen LogP contribution in [0.3, 0.4) is 0 Å². The fourth-order valence-electron chi connectivity index (χ4n) is 11.8. The van der Waals surface area contributed by atoms with E-state index in [1.165, 1.54) is 51.4 Å². The second-order valence-electron chi connectivity index (χ2n) is 14.3. The van der Waals surface area contributed by atoms with Crippen LogP contribution in [0.25, 0.3) is 0 Å². The van der Waals surface area contributed by atoms with E-state index in [0.717, 1.165) is 42.9 Å². The van der Waals surface area contributed by atoms with E-state index in [1.807, 2.05) is 0 Å². The second kappa shape index (κ2) is 7.31. The molecule has 5 aliphatic carbocycles. The molecule has 0 radical (unpaired) electrons. The summed E-state index contributed by atoms with van der Waals surface area (Å²) in [6.07, 6.45) is 15.1. The van der Waals surface area contributed by atoms with Crippen molar-refractivity contribution in [2.45, 2.75) is 130 Å². The Morgan fingerprint density at radius 1 is 0.939 bits per heavy atom. The van der Waals surface area contributed by atoms with Crippen LogP contribution in [0.5, 0.6) is 0 Å². The number of carbonyl (C=O) groups excluding carboxylic acids is 1. The standard InChI is InChI=1S/C30H48O3/c1-18(31)9-10-20-11-12-22-24(33-20)17-23-21-7-6-8-25-27(3,4)26(32)13-14-30(25)19(2)29(21,30)16-15-28(22,23)5/h19-26,32H,6-17H2,1-5H3/t19-,20?,21?,22?,23?,24?,25?,26-,28+,29-,30+/m0/s1. The Balaban J connectivity index is 1.29. The Labute approximate surface area is 201 Å². The van der Waals surface area contributed by atoms with Crippen molar-refractivity contribution in [3.63, 3.8) is 0 Å². The van der Waals surface area contributed by atoms with Crippen molar-refractivity contribution >= 4 is 5.78 Å². The predicted molar refractivity (Wildman–Crippen MR) is 131 cm³/mol. The second-order valence-corrected chi connectivity index (χ2v) is 14.3. The third-order valence-electron chi connectivity index (χ3n) is 13.4. The number of aliphatic hydroxyl groups is 1. The summed E-state index contributed by atoms with van der Waals surface area (Å²) in [4.78, 5) is 11.5. The summed E-state index contributed by atoms with van der Waals surface area (Å²) in [5.41, 5.74) is 1.51. The van der Waals surface area contributed by atoms with Gasteiger partial charge in [-0.25, -0.2) is 0 Å². The predicted octanol–water partition coefficient (Wildman–Crippen LogP) is 6.56. The zero-order valence-electron chi connectivity index (χ0n) is 21.9. The number of hydrogen-bond acceptors (Lipinski definition) is 3. The van der Waals surface area contributed by atoms with Gasteiger partial charge >= 0.3 is 0 Å². The summed E-state index contributed by atoms with van der Waals surface area (Å²) < 4.78 is 6.77. The van der Waals surface area contributed by atoms with Crippen molar-refractivity contribution in [2.75, 3.05) is 0 Å². The van der Waals surface area contributed by atoms with Gasteiger partial charge in [0.1, 0.15) is 5.78 Å². The lowest BCUT2D eigenvalue weighted by atomic mass is 9.51. The summed E-state index contributed by atoms with van der Waals surface area (Å²) in [6.45, 7) is 11.7. The van der Waals surface area contributed by atoms with Gasteiger partial charge in [0.15, 0.2) is 0 Å². The lowest BCUT2D eigenvalue weighted by Gasteiger charge is -2.54. The molecular formula is C30H48O3. The van der Waals surface area contributed by atoms with Gasteiger partial charge in [0, 0.05) is 6.42 Å². The van der Waals surface area contributed by atoms with E-state index in [0.29, 0.717) is 46.6 Å². The molecule has 6 fully saturated rings. The molecule has 11 atom stereocenters. The summed E-state index contributed by atoms with van der Waals surface area (Å²) >= 11 is 0. The van der Waals surface area contributed by atoms with Crippen molar-refractivity contribution in [1.82, 2.24) is 0 Å². The maximum absolute atomic E-state index is 11.5. The number of hydrogen-bond donors (Lipinski definition) is 1. The molecule has 1 N–H and O–H groups in total. The van der Waals surface area contributed by atoms with Crippen LogP contribution in [-0.4, -0.2) is 29.2 Å². The van der Waals surface area contributed by atoms with Gasteiger partial charge in [-0.15, -0.1) is 0 Å². The van der Waals surface area contributed by atoms with Gasteiger partial charge in [-0.3, -0.25) is 0 Å². The van der Waals surface area contributed by atoms with Crippen molar-refractivity contribution in [1.29, 1.82) is 0 Å². The number of Topliss-reactive ketones (excluding diaryl/α,β-unsaturated/α-hetero) is 1. The maximum atomic E-state index is 11.5. The first-order valence-corrected chi connectivity index (χ1v) is 14.4. The van der Waals surface area contributed by atoms with Crippen molar-refractivity contribution in [3.8, 4) is 0 Å². The molecule has 5 saturated carbocycles. The molecule has 6 aliphatic rings. The molecule has 0 bridgehead atoms. The van der Waals surface area contributed by atoms with Crippen LogP contribution in [-0.2, 0) is 9.53 Å². The maximum Gasteiger partial charge on any atom is 0.129 e. The van der Waals surface area contributed by atoms with E-state index < -0.39 is 0 Å². The van der Waals surface area contributed by atoms with Crippen molar-refractivity contribution in [2.24, 2.45) is 51.2 Å². The first kappa shape index (κ1) is 23.0. The summed E-state index contributed by atoms with van der Waals surface area (Å²) in [7, 11) is 0. The zero-order chi connectivity index (χ0) is 23.4. The molecule has 3 heteroatoms. The third-order valence-corrected chi connectivity index (χ3v) is 13.4. The number of ketones is 1. The SMILES string of the molecule is CC(=O)CCC1CCC2C(CC3C4CCCC5C(C)(C)[C@@H](O)CC[C@@]56[C@@H](C)[C@@]46CC[C@]23C)O1. The Kier molecular flexibility index (Phi) is 5.10. The Morgan fingerprint density at radius 2 is 1.73 bits per heavy atom. The van der Waals surface area contributed by atoms with E-state index in [1.54, 1.807) is 6.92 Å². The van der Waals surface area contributed by atoms with Crippen LogP contribution < -0.4 is 0 Å². The average Bonchev–Trinajstić information content (AvgIpc) is 3.18. The van der Waals surface area contributed by atoms with E-state index in [2.05, 4.69) is 27.7 Å². The van der Waals surface area contributed by atoms with Crippen LogP contribution in [0, 0.1) is 51.2 Å². The monoisotopic (exact) mass is 456 g/mol. The van der Waals surface area contributed by atoms with E-state index in [4.69, 9.17) is 4.74 Å². The van der Waals surface area contributed by atoms with Crippen molar-refractivity contribution in [3.05, 3.63) is 0 Å². The molecule has 186 valence electrons. The van der Waals surface area contributed by atoms with Crippen LogP contribution in [0.15, 0.2) is 0 Å². The van der Waals surface area contributed by atoms with Crippen LogP contribution in [0.4, 0.5) is 0 Å². The molecule has 1 heterocycles. The van der Waals surface area contributed by atoms with Gasteiger partial charge in [-0.1, -0.05) is 34.1 Å². The first-order chi connectivity index (χ1) is 15.6. The zero-order valence-corrected chi connectivity index (χ0v) is 21.9. The van der Waals surface area contributed by atoms with E-state index in [9.17, 15) is 9.90 Å². The van der Waals surface area contributed by atoms with E-state index >= 15 is 0 Å². The normalized spacial score (nSPS) is 56.4. The average molecular weight is 457 g/mol. The number of carbonyl (C=O) groups is 1. The first-order valence-electron chi connectivity index (χ1n) is 14.4. The molecule has 33 heavy (non-hydrogen) atoms. The van der Waals surface area contributed by atoms with Crippen LogP contribution in [0.1, 0.15) is 112 Å². The minimum absolute atomic E-state index is 0.0579. The highest BCUT2D eigenvalue weighted by Gasteiger charge is 2.83. The number of fused-ring (bicyclic) bond motifs is 4. The Morgan fingerprint density at radius 3 is 2.48 bits per heavy atom. The summed E-state index contributed by atoms with van der Waals surface area (Å²) in [5.74, 6) is 4.20. The Hall–Kier alpha value is -0.410. The summed E-state index contributed by atoms with van der Waals surface area (Å²) in [5, 5.41) is 11.0. The molecule has 1 aliphatic heterocycles. The molecule has 1 saturated heterocycles. The third kappa shape index (κ3) is 2.79. The lowest BCUT2D eigenvalue weighted by molar-refractivity contribution is -0.121. The largest absolute Gasteiger partial charge is 0.393 e. The smallest absolute Gasteiger partial charge is 0.129 e. The minimum Gasteiger partial charge on any atom is -0.393 e. The fourth-order valence-corrected chi connectivity index (χ4v) is 11.8. The molecule has 3 nitrogen and oxygen atoms in total. The van der Waals surface area contributed by atoms with Gasteiger partial charge in [0.05, 0.1) is 18.3 Å². The van der Waals surface area contributed by atoms with Gasteiger partial charge in [0.2, 0.25) is 0 Å². The number of ether oxygens (including phenoxy) is 1. The molecule has 0 aromatic rings. The summed E-state index contributed by atoms with van der Waals surface area (Å²) in [6, 6.07) is 0. The highest BCUT2D eigenvalue weighted by Crippen LogP contribution is 2.88. The van der Waals surface area contributed by atoms with Gasteiger partial charge in [-0.05, 0) is 122 Å². The molecule has 6 rings (SSSR count). The molecule has 0 amide bonds. The molecule has 0 aromatic heterocycles. The van der Waals surface area contributed by atoms with Crippen molar-refractivity contribution < 1.29 is 14.6 Å². The lowest BCUT2D eigenvalue weighted by Crippen LogP contribution is -2.50. The molecule has 6 unspecified atom stereocenters. The molecule has 0 aromatic carbocycles.